The average Bonchev–Trinajstić information content (AvgIpc) is 3.29. The van der Waals surface area contributed by atoms with Gasteiger partial charge in [-0.2, -0.15) is 0 Å². The summed E-state index contributed by atoms with van der Waals surface area (Å²) in [5, 5.41) is 9.94. The van der Waals surface area contributed by atoms with Gasteiger partial charge in [-0.05, 0) is 77.9 Å². The van der Waals surface area contributed by atoms with Crippen LogP contribution in [0.15, 0.2) is 79.3 Å². The monoisotopic (exact) mass is 524 g/mol. The molecule has 0 fully saturated rings. The maximum absolute atomic E-state index is 14.1. The Labute approximate surface area is 224 Å². The van der Waals surface area contributed by atoms with Crippen LogP contribution in [0, 0.1) is 11.6 Å². The van der Waals surface area contributed by atoms with Crippen molar-refractivity contribution in [3.8, 4) is 16.9 Å². The van der Waals surface area contributed by atoms with E-state index in [4.69, 9.17) is 0 Å². The molecule has 1 N–H and O–H groups in total. The standard InChI is InChI=1S/C32H26F2N2O3/c1-19(37)22-3-2-4-23(12-22)31-17-35-18-36-32(31)25(9-20-10-26(33)15-27(34)11-20)14-29(39)13-24-6-5-21-7-8-28(38)16-30(21)24/h2-4,6-8,10-12,15-18,25,38H,5,9,13-14H2,1H3/t25-/m0/s1. The van der Waals surface area contributed by atoms with Gasteiger partial charge in [0.1, 0.15) is 29.5 Å². The first kappa shape index (κ1) is 26.1. The third kappa shape index (κ3) is 5.98. The topological polar surface area (TPSA) is 80.2 Å². The predicted molar refractivity (Wildman–Crippen MR) is 144 cm³/mol. The van der Waals surface area contributed by atoms with Crippen LogP contribution in [0.1, 0.15) is 58.4 Å². The van der Waals surface area contributed by atoms with Gasteiger partial charge in [0, 0.05) is 42.1 Å². The van der Waals surface area contributed by atoms with E-state index in [1.165, 1.54) is 25.4 Å². The minimum atomic E-state index is -0.695. The van der Waals surface area contributed by atoms with Gasteiger partial charge in [0.2, 0.25) is 0 Å². The van der Waals surface area contributed by atoms with Gasteiger partial charge in [0.25, 0.3) is 0 Å². The SMILES string of the molecule is CC(=O)c1cccc(-c2cncnc2[C@H](CC(=O)CC2=CCc3ccc(O)cc32)Cc2cc(F)cc(F)c2)c1. The molecular formula is C32H26F2N2O3. The lowest BCUT2D eigenvalue weighted by molar-refractivity contribution is -0.118. The number of nitrogens with zero attached hydrogens (tertiary/aromatic N) is 2. The molecule has 0 radical (unpaired) electrons. The normalized spacial score (nSPS) is 13.1. The Morgan fingerprint density at radius 2 is 1.79 bits per heavy atom. The molecule has 0 saturated carbocycles. The molecule has 3 aromatic carbocycles. The number of benzene rings is 3. The fraction of sp³-hybridized carbons (Fsp3) is 0.188. The predicted octanol–water partition coefficient (Wildman–Crippen LogP) is 6.65. The number of aromatic nitrogens is 2. The van der Waals surface area contributed by atoms with Gasteiger partial charge in [-0.3, -0.25) is 9.59 Å². The molecule has 5 nitrogen and oxygen atoms in total. The number of phenols is 1. The molecule has 0 amide bonds. The van der Waals surface area contributed by atoms with E-state index in [-0.39, 0.29) is 36.6 Å². The van der Waals surface area contributed by atoms with Gasteiger partial charge >= 0.3 is 0 Å². The van der Waals surface area contributed by atoms with Crippen molar-refractivity contribution < 1.29 is 23.5 Å². The van der Waals surface area contributed by atoms with E-state index in [0.717, 1.165) is 22.8 Å². The number of hydrogen-bond donors (Lipinski definition) is 1. The van der Waals surface area contributed by atoms with Crippen LogP contribution in [0.4, 0.5) is 8.78 Å². The van der Waals surface area contributed by atoms with Crippen LogP contribution in [0.2, 0.25) is 0 Å². The third-order valence-corrected chi connectivity index (χ3v) is 6.98. The molecule has 4 aromatic rings. The minimum Gasteiger partial charge on any atom is -0.508 e. The summed E-state index contributed by atoms with van der Waals surface area (Å²) in [7, 11) is 0. The number of fused-ring (bicyclic) bond motifs is 1. The molecule has 1 atom stereocenters. The van der Waals surface area contributed by atoms with Crippen LogP contribution >= 0.6 is 0 Å². The molecular weight excluding hydrogens is 498 g/mol. The second-order valence-electron chi connectivity index (χ2n) is 9.83. The van der Waals surface area contributed by atoms with Crippen LogP contribution in [-0.4, -0.2) is 26.6 Å². The highest BCUT2D eigenvalue weighted by Crippen LogP contribution is 2.36. The summed E-state index contributed by atoms with van der Waals surface area (Å²) in [4.78, 5) is 34.2. The molecule has 0 spiro atoms. The number of rotatable bonds is 9. The van der Waals surface area contributed by atoms with E-state index >= 15 is 0 Å². The fourth-order valence-electron chi connectivity index (χ4n) is 5.18. The fourth-order valence-corrected chi connectivity index (χ4v) is 5.18. The van der Waals surface area contributed by atoms with Crippen molar-refractivity contribution in [3.63, 3.8) is 0 Å². The maximum Gasteiger partial charge on any atom is 0.159 e. The zero-order chi connectivity index (χ0) is 27.5. The van der Waals surface area contributed by atoms with Crippen LogP contribution in [0.5, 0.6) is 5.75 Å². The summed E-state index contributed by atoms with van der Waals surface area (Å²) in [6, 6.07) is 15.5. The summed E-state index contributed by atoms with van der Waals surface area (Å²) in [5.74, 6) is -1.92. The third-order valence-electron chi connectivity index (χ3n) is 6.98. The Morgan fingerprint density at radius 1 is 1.00 bits per heavy atom. The highest BCUT2D eigenvalue weighted by molar-refractivity contribution is 5.95. The molecule has 39 heavy (non-hydrogen) atoms. The van der Waals surface area contributed by atoms with Crippen LogP contribution in [0.3, 0.4) is 0 Å². The largest absolute Gasteiger partial charge is 0.508 e. The van der Waals surface area contributed by atoms with Crippen molar-refractivity contribution in [1.29, 1.82) is 0 Å². The summed E-state index contributed by atoms with van der Waals surface area (Å²) in [6.45, 7) is 1.48. The van der Waals surface area contributed by atoms with Gasteiger partial charge in [0.15, 0.2) is 5.78 Å². The summed E-state index contributed by atoms with van der Waals surface area (Å²) in [5.41, 5.74) is 5.59. The van der Waals surface area contributed by atoms with Gasteiger partial charge in [-0.15, -0.1) is 0 Å². The molecule has 0 bridgehead atoms. The number of ketones is 2. The molecule has 5 rings (SSSR count). The number of aromatic hydroxyl groups is 1. The van der Waals surface area contributed by atoms with Crippen molar-refractivity contribution in [2.75, 3.05) is 0 Å². The molecule has 0 unspecified atom stereocenters. The van der Waals surface area contributed by atoms with E-state index in [1.54, 1.807) is 36.5 Å². The number of Topliss-reactive ketones (excluding diaryl/α,β-unsaturated/α-hetero) is 2. The van der Waals surface area contributed by atoms with E-state index in [0.29, 0.717) is 34.4 Å². The van der Waals surface area contributed by atoms with Crippen molar-refractivity contribution in [1.82, 2.24) is 9.97 Å². The number of carbonyl (C=O) groups is 2. The molecule has 7 heteroatoms. The second kappa shape index (κ2) is 11.1. The van der Waals surface area contributed by atoms with Gasteiger partial charge in [-0.1, -0.05) is 30.3 Å². The Bertz CT molecular complexity index is 1590. The van der Waals surface area contributed by atoms with Gasteiger partial charge in [-0.25, -0.2) is 18.7 Å². The van der Waals surface area contributed by atoms with E-state index < -0.39 is 17.6 Å². The number of halogens is 2. The summed E-state index contributed by atoms with van der Waals surface area (Å²) >= 11 is 0. The summed E-state index contributed by atoms with van der Waals surface area (Å²) < 4.78 is 28.1. The van der Waals surface area contributed by atoms with Gasteiger partial charge in [0.05, 0.1) is 5.69 Å². The Morgan fingerprint density at radius 3 is 2.56 bits per heavy atom. The van der Waals surface area contributed by atoms with Crippen molar-refractivity contribution in [3.05, 3.63) is 119 Å². The Balaban J connectivity index is 1.49. The molecule has 1 heterocycles. The second-order valence-corrected chi connectivity index (χ2v) is 9.83. The number of carbonyl (C=O) groups excluding carboxylic acids is 2. The van der Waals surface area contributed by atoms with Crippen LogP contribution in [0.25, 0.3) is 16.7 Å². The van der Waals surface area contributed by atoms with E-state index in [2.05, 4.69) is 9.97 Å². The molecule has 0 aliphatic heterocycles. The Kier molecular flexibility index (Phi) is 7.41. The number of phenolic OH excluding ortho intramolecular Hbond substituents is 1. The molecule has 0 saturated heterocycles. The van der Waals surface area contributed by atoms with Crippen molar-refractivity contribution in [2.24, 2.45) is 0 Å². The lowest BCUT2D eigenvalue weighted by Gasteiger charge is -2.20. The van der Waals surface area contributed by atoms with E-state index in [9.17, 15) is 23.5 Å². The maximum atomic E-state index is 14.1. The number of hydrogen-bond acceptors (Lipinski definition) is 5. The molecule has 196 valence electrons. The first-order chi connectivity index (χ1) is 18.8. The molecule has 1 aliphatic rings. The Hall–Kier alpha value is -4.52. The first-order valence-electron chi connectivity index (χ1n) is 12.7. The average molecular weight is 525 g/mol. The van der Waals surface area contributed by atoms with Gasteiger partial charge < -0.3 is 5.11 Å². The lowest BCUT2D eigenvalue weighted by Crippen LogP contribution is -2.14. The summed E-state index contributed by atoms with van der Waals surface area (Å²) in [6.07, 6.45) is 6.09. The molecule has 1 aliphatic carbocycles. The van der Waals surface area contributed by atoms with E-state index in [1.807, 2.05) is 18.2 Å². The quantitative estimate of drug-likeness (QED) is 0.248. The zero-order valence-electron chi connectivity index (χ0n) is 21.3. The zero-order valence-corrected chi connectivity index (χ0v) is 21.3. The lowest BCUT2D eigenvalue weighted by atomic mass is 9.85. The minimum absolute atomic E-state index is 0.0682. The highest BCUT2D eigenvalue weighted by Gasteiger charge is 2.25. The smallest absolute Gasteiger partial charge is 0.159 e. The van der Waals surface area contributed by atoms with Crippen LogP contribution < -0.4 is 0 Å². The molecule has 1 aromatic heterocycles. The number of allylic oxidation sites excluding steroid dienone is 2. The van der Waals surface area contributed by atoms with Crippen LogP contribution in [-0.2, 0) is 17.6 Å². The van der Waals surface area contributed by atoms with Crippen molar-refractivity contribution in [2.45, 2.75) is 38.5 Å². The first-order valence-corrected chi connectivity index (χ1v) is 12.7. The van der Waals surface area contributed by atoms with Crippen molar-refractivity contribution >= 4 is 17.1 Å². The highest BCUT2D eigenvalue weighted by atomic mass is 19.1.